The Hall–Kier alpha value is 3.24. The summed E-state index contributed by atoms with van der Waals surface area (Å²) in [5.41, 5.74) is 2.00. The molecule has 0 amide bonds. The third-order valence-electron chi connectivity index (χ3n) is 3.19. The summed E-state index contributed by atoms with van der Waals surface area (Å²) in [6.07, 6.45) is 0. The van der Waals surface area contributed by atoms with Gasteiger partial charge in [-0.1, -0.05) is 112 Å². The first-order chi connectivity index (χ1) is 11.9. The summed E-state index contributed by atoms with van der Waals surface area (Å²) in [6.45, 7) is 4.00. The molecule has 1 unspecified atom stereocenters. The predicted molar refractivity (Wildman–Crippen MR) is 150 cm³/mol. The lowest BCUT2D eigenvalue weighted by Gasteiger charge is -2.39. The maximum atomic E-state index is 3.98. The summed E-state index contributed by atoms with van der Waals surface area (Å²) in [5.74, 6) is 0. The van der Waals surface area contributed by atoms with Gasteiger partial charge >= 0.3 is 0 Å². The molecular formula is C16H10Br10. The lowest BCUT2D eigenvalue weighted by atomic mass is 9.92. The van der Waals surface area contributed by atoms with Gasteiger partial charge in [-0.3, -0.25) is 0 Å². The molecule has 0 saturated carbocycles. The highest BCUT2D eigenvalue weighted by atomic mass is 80.0. The van der Waals surface area contributed by atoms with Gasteiger partial charge in [-0.2, -0.15) is 0 Å². The summed E-state index contributed by atoms with van der Waals surface area (Å²) >= 11 is 37.2. The molecule has 2 rings (SSSR count). The van der Waals surface area contributed by atoms with E-state index in [1.54, 1.807) is 0 Å². The number of benzene rings is 2. The van der Waals surface area contributed by atoms with Gasteiger partial charge < -0.3 is 0 Å². The predicted octanol–water partition coefficient (Wildman–Crippen LogP) is 11.8. The molecule has 0 radical (unpaired) electrons. The van der Waals surface area contributed by atoms with Crippen molar-refractivity contribution in [1.82, 2.24) is 0 Å². The number of halogens is 10. The van der Waals surface area contributed by atoms with Crippen LogP contribution in [0.3, 0.4) is 0 Å². The Balaban J connectivity index is 0.00000163. The van der Waals surface area contributed by atoms with Gasteiger partial charge in [0.15, 0.2) is 2.14 Å². The molecule has 0 bridgehead atoms. The molecule has 0 aliphatic carbocycles. The largest absolute Gasteiger partial charge is 0.158 e. The van der Waals surface area contributed by atoms with Crippen molar-refractivity contribution in [2.75, 3.05) is 0 Å². The van der Waals surface area contributed by atoms with Crippen LogP contribution in [0.4, 0.5) is 0 Å². The van der Waals surface area contributed by atoms with Crippen LogP contribution in [0.5, 0.6) is 0 Å². The molecule has 26 heavy (non-hydrogen) atoms. The van der Waals surface area contributed by atoms with Crippen LogP contribution in [0.2, 0.25) is 0 Å². The first-order valence-corrected chi connectivity index (χ1v) is 14.9. The topological polar surface area (TPSA) is 0 Å². The third-order valence-corrected chi connectivity index (χ3v) is 14.8. The number of rotatable bonds is 2. The van der Waals surface area contributed by atoms with Gasteiger partial charge in [0.2, 0.25) is 0 Å². The van der Waals surface area contributed by atoms with Crippen LogP contribution in [0, 0.1) is 0 Å². The molecular weight excluding hydrogens is 991 g/mol. The first kappa shape index (κ1) is 27.3. The zero-order chi connectivity index (χ0) is 20.4. The van der Waals surface area contributed by atoms with Gasteiger partial charge in [-0.05, 0) is 91.3 Å². The van der Waals surface area contributed by atoms with E-state index in [-0.39, 0.29) is 0 Å². The molecule has 10 heteroatoms. The molecule has 0 fully saturated rings. The Morgan fingerprint density at radius 3 is 1.38 bits per heavy atom. The minimum atomic E-state index is -0.691. The van der Waals surface area contributed by atoms with Gasteiger partial charge in [0.05, 0.1) is 0 Å². The molecule has 2 aromatic carbocycles. The monoisotopic (exact) mass is 991 g/mol. The summed E-state index contributed by atoms with van der Waals surface area (Å²) in [5, 5.41) is 0. The van der Waals surface area contributed by atoms with E-state index in [0.717, 1.165) is 38.0 Å². The first-order valence-electron chi connectivity index (χ1n) is 6.97. The fraction of sp³-hybridized carbons (Fsp3) is 0.250. The SMILES string of the molecule is Brc1ccccc1C(Br)(c1c(Br)c(Br)c(Br)c(Br)c1Br)C(Br)(Br)Br.CC. The zero-order valence-electron chi connectivity index (χ0n) is 13.1. The maximum absolute atomic E-state index is 3.98. The van der Waals surface area contributed by atoms with E-state index in [0.29, 0.717) is 0 Å². The van der Waals surface area contributed by atoms with Crippen molar-refractivity contribution in [3.05, 3.63) is 62.2 Å². The summed E-state index contributed by atoms with van der Waals surface area (Å²) < 4.78 is 4.13. The molecule has 0 N–H and O–H groups in total. The molecule has 0 heterocycles. The van der Waals surface area contributed by atoms with E-state index in [1.807, 2.05) is 32.0 Å². The second-order valence-electron chi connectivity index (χ2n) is 4.58. The molecule has 0 saturated heterocycles. The van der Waals surface area contributed by atoms with Crippen LogP contribution in [0.15, 0.2) is 51.1 Å². The fourth-order valence-corrected chi connectivity index (χ4v) is 9.08. The van der Waals surface area contributed by atoms with Gasteiger partial charge in [-0.15, -0.1) is 0 Å². The Kier molecular flexibility index (Phi) is 11.8. The van der Waals surface area contributed by atoms with Crippen molar-refractivity contribution in [3.63, 3.8) is 0 Å². The van der Waals surface area contributed by atoms with Crippen LogP contribution >= 0.6 is 159 Å². The molecule has 0 spiro atoms. The van der Waals surface area contributed by atoms with E-state index < -0.39 is 6.47 Å². The number of hydrogen-bond acceptors (Lipinski definition) is 0. The Bertz CT molecular complexity index is 767. The minimum absolute atomic E-state index is 0.679. The van der Waals surface area contributed by atoms with Crippen LogP contribution in [0.25, 0.3) is 0 Å². The number of alkyl halides is 4. The second-order valence-corrected chi connectivity index (χ2v) is 17.4. The molecule has 1 atom stereocenters. The van der Waals surface area contributed by atoms with E-state index in [1.165, 1.54) is 0 Å². The maximum Gasteiger partial charge on any atom is 0.158 e. The average Bonchev–Trinajstić information content (AvgIpc) is 2.59. The van der Waals surface area contributed by atoms with Crippen LogP contribution < -0.4 is 0 Å². The van der Waals surface area contributed by atoms with Gasteiger partial charge in [0.1, 0.15) is 4.32 Å². The van der Waals surface area contributed by atoms with Crippen molar-refractivity contribution in [3.8, 4) is 0 Å². The van der Waals surface area contributed by atoms with Crippen molar-refractivity contribution in [2.24, 2.45) is 0 Å². The highest BCUT2D eigenvalue weighted by Crippen LogP contribution is 2.63. The van der Waals surface area contributed by atoms with E-state index >= 15 is 0 Å². The molecule has 0 nitrogen and oxygen atoms in total. The summed E-state index contributed by atoms with van der Waals surface area (Å²) in [6, 6.07) is 8.05. The minimum Gasteiger partial charge on any atom is -0.0712 e. The van der Waals surface area contributed by atoms with Gasteiger partial charge in [0.25, 0.3) is 0 Å². The molecule has 0 aliphatic rings. The van der Waals surface area contributed by atoms with E-state index in [4.69, 9.17) is 0 Å². The molecule has 0 aliphatic heterocycles. The standard InChI is InChI=1S/C14H4Br10.C2H6/c15-6-4-2-1-3-5(6)13(21,14(22,23)24)7-8(16)10(18)12(20)11(19)9(7)17;1-2/h1-4H;1-2H3. The number of hydrogen-bond donors (Lipinski definition) is 0. The lowest BCUT2D eigenvalue weighted by Crippen LogP contribution is -2.35. The van der Waals surface area contributed by atoms with E-state index in [9.17, 15) is 0 Å². The van der Waals surface area contributed by atoms with Crippen LogP contribution in [-0.4, -0.2) is 2.14 Å². The average molecular weight is 1000 g/mol. The van der Waals surface area contributed by atoms with E-state index in [2.05, 4.69) is 165 Å². The van der Waals surface area contributed by atoms with Crippen molar-refractivity contribution < 1.29 is 0 Å². The highest BCUT2D eigenvalue weighted by molar-refractivity contribution is 9.40. The van der Waals surface area contributed by atoms with Gasteiger partial charge in [-0.25, -0.2) is 0 Å². The van der Waals surface area contributed by atoms with Crippen LogP contribution in [0.1, 0.15) is 25.0 Å². The Labute approximate surface area is 238 Å². The quantitative estimate of drug-likeness (QED) is 0.160. The van der Waals surface area contributed by atoms with Crippen molar-refractivity contribution in [2.45, 2.75) is 20.3 Å². The third kappa shape index (κ3) is 5.34. The van der Waals surface area contributed by atoms with Crippen molar-refractivity contribution in [1.29, 1.82) is 0 Å². The fourth-order valence-electron chi connectivity index (χ4n) is 2.08. The Morgan fingerprint density at radius 2 is 1.00 bits per heavy atom. The van der Waals surface area contributed by atoms with Crippen LogP contribution in [-0.2, 0) is 4.32 Å². The highest BCUT2D eigenvalue weighted by Gasteiger charge is 2.51. The summed E-state index contributed by atoms with van der Waals surface area (Å²) in [7, 11) is 0. The zero-order valence-corrected chi connectivity index (χ0v) is 28.9. The van der Waals surface area contributed by atoms with Crippen molar-refractivity contribution >= 4 is 159 Å². The van der Waals surface area contributed by atoms with Gasteiger partial charge in [0, 0.05) is 32.4 Å². The molecule has 2 aromatic rings. The second kappa shape index (κ2) is 11.2. The lowest BCUT2D eigenvalue weighted by molar-refractivity contribution is 0.813. The normalized spacial score (nSPS) is 13.7. The summed E-state index contributed by atoms with van der Waals surface area (Å²) in [4.78, 5) is 0. The smallest absolute Gasteiger partial charge is 0.0712 e. The Morgan fingerprint density at radius 1 is 0.615 bits per heavy atom. The molecule has 144 valence electrons. The molecule has 0 aromatic heterocycles.